The summed E-state index contributed by atoms with van der Waals surface area (Å²) in [7, 11) is 0. The van der Waals surface area contributed by atoms with Crippen LogP contribution in [0.2, 0.25) is 0 Å². The summed E-state index contributed by atoms with van der Waals surface area (Å²) < 4.78 is 0. The zero-order chi connectivity index (χ0) is 14.2. The van der Waals surface area contributed by atoms with E-state index in [1.165, 1.54) is 6.08 Å². The Morgan fingerprint density at radius 1 is 1.00 bits per heavy atom. The van der Waals surface area contributed by atoms with Crippen molar-refractivity contribution in [3.63, 3.8) is 0 Å². The van der Waals surface area contributed by atoms with Crippen LogP contribution in [-0.2, 0) is 4.79 Å². The fourth-order valence-electron chi connectivity index (χ4n) is 1.88. The van der Waals surface area contributed by atoms with E-state index in [1.54, 1.807) is 12.2 Å². The van der Waals surface area contributed by atoms with Crippen molar-refractivity contribution in [2.45, 2.75) is 6.04 Å². The van der Waals surface area contributed by atoms with Crippen molar-refractivity contribution < 1.29 is 4.79 Å². The quantitative estimate of drug-likeness (QED) is 0.646. The molecule has 0 aliphatic carbocycles. The Labute approximate surface area is 119 Å². The van der Waals surface area contributed by atoms with Crippen LogP contribution in [0.4, 0.5) is 0 Å². The summed E-state index contributed by atoms with van der Waals surface area (Å²) in [6.07, 6.45) is 5.05. The van der Waals surface area contributed by atoms with Crippen LogP contribution in [0.25, 0.3) is 6.08 Å². The molecule has 1 atom stereocenters. The molecule has 2 aromatic carbocycles. The maximum absolute atomic E-state index is 11.9. The van der Waals surface area contributed by atoms with Crippen LogP contribution in [0, 0.1) is 0 Å². The molecule has 2 heteroatoms. The highest BCUT2D eigenvalue weighted by Crippen LogP contribution is 2.13. The molecule has 0 saturated heterocycles. The molecule has 0 bridgehead atoms. The van der Waals surface area contributed by atoms with Crippen molar-refractivity contribution >= 4 is 12.0 Å². The van der Waals surface area contributed by atoms with Crippen molar-refractivity contribution in [2.24, 2.45) is 0 Å². The third-order valence-corrected chi connectivity index (χ3v) is 2.92. The predicted octanol–water partition coefficient (Wildman–Crippen LogP) is 3.74. The first-order valence-corrected chi connectivity index (χ1v) is 6.51. The lowest BCUT2D eigenvalue weighted by molar-refractivity contribution is -0.116. The zero-order valence-corrected chi connectivity index (χ0v) is 11.2. The molecule has 0 fully saturated rings. The van der Waals surface area contributed by atoms with Crippen LogP contribution in [0.1, 0.15) is 17.2 Å². The SMILES string of the molecule is C=CC(NC(=O)C=Cc1ccccc1)c1ccccc1. The van der Waals surface area contributed by atoms with Gasteiger partial charge in [-0.05, 0) is 17.2 Å². The topological polar surface area (TPSA) is 29.1 Å². The molecular weight excluding hydrogens is 246 g/mol. The Balaban J connectivity index is 2.00. The molecule has 2 rings (SSSR count). The Kier molecular flexibility index (Phi) is 4.90. The Bertz CT molecular complexity index is 587. The first kappa shape index (κ1) is 13.8. The van der Waals surface area contributed by atoms with Gasteiger partial charge in [0.15, 0.2) is 0 Å². The fraction of sp³-hybridized carbons (Fsp3) is 0.0556. The summed E-state index contributed by atoms with van der Waals surface area (Å²) in [5, 5.41) is 2.91. The second-order valence-electron chi connectivity index (χ2n) is 4.38. The summed E-state index contributed by atoms with van der Waals surface area (Å²) in [5.74, 6) is -0.136. The van der Waals surface area contributed by atoms with E-state index in [0.29, 0.717) is 0 Å². The van der Waals surface area contributed by atoms with Gasteiger partial charge in [0.1, 0.15) is 0 Å². The molecule has 0 aliphatic heterocycles. The van der Waals surface area contributed by atoms with E-state index in [1.807, 2.05) is 60.7 Å². The summed E-state index contributed by atoms with van der Waals surface area (Å²) >= 11 is 0. The predicted molar refractivity (Wildman–Crippen MR) is 83.0 cm³/mol. The molecule has 0 aliphatic rings. The molecule has 2 aromatic rings. The number of benzene rings is 2. The normalized spacial score (nSPS) is 12.0. The molecule has 0 radical (unpaired) electrons. The van der Waals surface area contributed by atoms with Crippen molar-refractivity contribution in [3.05, 3.63) is 90.5 Å². The van der Waals surface area contributed by atoms with E-state index in [9.17, 15) is 4.79 Å². The molecule has 0 saturated carbocycles. The van der Waals surface area contributed by atoms with Gasteiger partial charge in [0.25, 0.3) is 0 Å². The molecule has 2 nitrogen and oxygen atoms in total. The number of hydrogen-bond acceptors (Lipinski definition) is 1. The summed E-state index contributed by atoms with van der Waals surface area (Å²) in [6, 6.07) is 19.3. The molecule has 0 spiro atoms. The first-order chi connectivity index (χ1) is 9.79. The van der Waals surface area contributed by atoms with Crippen LogP contribution >= 0.6 is 0 Å². The van der Waals surface area contributed by atoms with Gasteiger partial charge < -0.3 is 5.32 Å². The van der Waals surface area contributed by atoms with Crippen molar-refractivity contribution in [3.8, 4) is 0 Å². The lowest BCUT2D eigenvalue weighted by atomic mass is 10.1. The number of carbonyl (C=O) groups is 1. The number of carbonyl (C=O) groups excluding carboxylic acids is 1. The standard InChI is InChI=1S/C18H17NO/c1-2-17(16-11-7-4-8-12-16)19-18(20)14-13-15-9-5-3-6-10-15/h2-14,17H,1H2,(H,19,20). The third kappa shape index (κ3) is 3.95. The zero-order valence-electron chi connectivity index (χ0n) is 11.2. The van der Waals surface area contributed by atoms with Crippen LogP contribution in [0.5, 0.6) is 0 Å². The van der Waals surface area contributed by atoms with Gasteiger partial charge in [-0.1, -0.05) is 66.7 Å². The fourth-order valence-corrected chi connectivity index (χ4v) is 1.88. The lowest BCUT2D eigenvalue weighted by Crippen LogP contribution is -2.25. The van der Waals surface area contributed by atoms with Gasteiger partial charge in [-0.25, -0.2) is 0 Å². The van der Waals surface area contributed by atoms with Crippen molar-refractivity contribution in [2.75, 3.05) is 0 Å². The van der Waals surface area contributed by atoms with Gasteiger partial charge in [0.05, 0.1) is 6.04 Å². The van der Waals surface area contributed by atoms with Crippen LogP contribution in [0.15, 0.2) is 79.4 Å². The average Bonchev–Trinajstić information content (AvgIpc) is 2.52. The van der Waals surface area contributed by atoms with Crippen LogP contribution in [-0.4, -0.2) is 5.91 Å². The van der Waals surface area contributed by atoms with E-state index in [0.717, 1.165) is 11.1 Å². The molecule has 1 N–H and O–H groups in total. The monoisotopic (exact) mass is 263 g/mol. The lowest BCUT2D eigenvalue weighted by Gasteiger charge is -2.13. The summed E-state index contributed by atoms with van der Waals surface area (Å²) in [5.41, 5.74) is 2.02. The van der Waals surface area contributed by atoms with Gasteiger partial charge in [-0.15, -0.1) is 6.58 Å². The minimum Gasteiger partial charge on any atom is -0.342 e. The van der Waals surface area contributed by atoms with Gasteiger partial charge in [-0.3, -0.25) is 4.79 Å². The number of nitrogens with one attached hydrogen (secondary N) is 1. The van der Waals surface area contributed by atoms with Crippen molar-refractivity contribution in [1.82, 2.24) is 5.32 Å². The van der Waals surface area contributed by atoms with Crippen LogP contribution in [0.3, 0.4) is 0 Å². The van der Waals surface area contributed by atoms with E-state index in [-0.39, 0.29) is 11.9 Å². The van der Waals surface area contributed by atoms with E-state index in [4.69, 9.17) is 0 Å². The largest absolute Gasteiger partial charge is 0.342 e. The van der Waals surface area contributed by atoms with Gasteiger partial charge in [-0.2, -0.15) is 0 Å². The van der Waals surface area contributed by atoms with Crippen molar-refractivity contribution in [1.29, 1.82) is 0 Å². The second-order valence-corrected chi connectivity index (χ2v) is 4.38. The highest BCUT2D eigenvalue weighted by Gasteiger charge is 2.08. The van der Waals surface area contributed by atoms with Gasteiger partial charge in [0, 0.05) is 6.08 Å². The van der Waals surface area contributed by atoms with E-state index < -0.39 is 0 Å². The maximum Gasteiger partial charge on any atom is 0.244 e. The molecule has 0 heterocycles. The first-order valence-electron chi connectivity index (χ1n) is 6.51. The highest BCUT2D eigenvalue weighted by molar-refractivity contribution is 5.92. The molecule has 0 aromatic heterocycles. The minimum atomic E-state index is -0.177. The highest BCUT2D eigenvalue weighted by atomic mass is 16.1. The molecule has 100 valence electrons. The smallest absolute Gasteiger partial charge is 0.244 e. The molecule has 1 amide bonds. The minimum absolute atomic E-state index is 0.136. The molecular formula is C18H17NO. The number of rotatable bonds is 5. The summed E-state index contributed by atoms with van der Waals surface area (Å²) in [4.78, 5) is 11.9. The van der Waals surface area contributed by atoms with E-state index in [2.05, 4.69) is 11.9 Å². The Hall–Kier alpha value is -2.61. The number of amides is 1. The van der Waals surface area contributed by atoms with Gasteiger partial charge >= 0.3 is 0 Å². The third-order valence-electron chi connectivity index (χ3n) is 2.92. The Morgan fingerprint density at radius 3 is 2.20 bits per heavy atom. The average molecular weight is 263 g/mol. The van der Waals surface area contributed by atoms with E-state index >= 15 is 0 Å². The molecule has 1 unspecified atom stereocenters. The van der Waals surface area contributed by atoms with Crippen LogP contribution < -0.4 is 5.32 Å². The van der Waals surface area contributed by atoms with Gasteiger partial charge in [0.2, 0.25) is 5.91 Å². The second kappa shape index (κ2) is 7.10. The number of hydrogen-bond donors (Lipinski definition) is 1. The maximum atomic E-state index is 11.9. The Morgan fingerprint density at radius 2 is 1.60 bits per heavy atom. The summed E-state index contributed by atoms with van der Waals surface area (Å²) in [6.45, 7) is 3.77. The molecule has 20 heavy (non-hydrogen) atoms.